The average Bonchev–Trinajstić information content (AvgIpc) is 2.18. The summed E-state index contributed by atoms with van der Waals surface area (Å²) in [5.74, 6) is -0.719. The lowest BCUT2D eigenvalue weighted by Gasteiger charge is -2.11. The molecule has 0 saturated carbocycles. The molecule has 15 heavy (non-hydrogen) atoms. The van der Waals surface area contributed by atoms with Gasteiger partial charge in [-0.3, -0.25) is 14.9 Å². The topological polar surface area (TPSA) is 60.2 Å². The number of nitrogens with zero attached hydrogens (tertiary/aromatic N) is 1. The molecule has 0 aliphatic heterocycles. The highest BCUT2D eigenvalue weighted by Gasteiger charge is 2.33. The molecule has 0 radical (unpaired) electrons. The van der Waals surface area contributed by atoms with Crippen molar-refractivity contribution >= 4 is 5.78 Å². The predicted octanol–water partition coefficient (Wildman–Crippen LogP) is 2.17. The summed E-state index contributed by atoms with van der Waals surface area (Å²) in [4.78, 5) is 22.0. The zero-order valence-electron chi connectivity index (χ0n) is 8.71. The molecule has 0 bridgehead atoms. The third-order valence-electron chi connectivity index (χ3n) is 2.19. The number of Topliss-reactive ketones (excluding diaryl/α,β-unsaturated/α-hetero) is 1. The molecular formula is C11H13NO3. The Kier molecular flexibility index (Phi) is 3.55. The van der Waals surface area contributed by atoms with E-state index in [1.807, 2.05) is 0 Å². The van der Waals surface area contributed by atoms with Crippen LogP contribution in [0.1, 0.15) is 24.2 Å². The quantitative estimate of drug-likeness (QED) is 0.432. The van der Waals surface area contributed by atoms with Crippen molar-refractivity contribution in [2.45, 2.75) is 19.9 Å². The molecule has 0 aromatic heterocycles. The third-order valence-corrected chi connectivity index (χ3v) is 2.19. The first-order valence-electron chi connectivity index (χ1n) is 4.76. The molecule has 4 heteroatoms. The van der Waals surface area contributed by atoms with Gasteiger partial charge in [-0.05, 0) is 0 Å². The molecule has 0 amide bonds. The number of nitro groups is 1. The first kappa shape index (κ1) is 11.4. The van der Waals surface area contributed by atoms with Crippen LogP contribution in [0.3, 0.4) is 0 Å². The van der Waals surface area contributed by atoms with Crippen LogP contribution in [-0.4, -0.2) is 16.7 Å². The molecule has 1 rings (SSSR count). The maximum absolute atomic E-state index is 11.8. The van der Waals surface area contributed by atoms with Crippen molar-refractivity contribution in [1.29, 1.82) is 0 Å². The Bertz CT molecular complexity index is 359. The van der Waals surface area contributed by atoms with Gasteiger partial charge in [0.05, 0.1) is 0 Å². The fraction of sp³-hybridized carbons (Fsp3) is 0.364. The van der Waals surface area contributed by atoms with E-state index in [1.54, 1.807) is 44.2 Å². The second kappa shape index (κ2) is 4.68. The van der Waals surface area contributed by atoms with E-state index in [0.717, 1.165) is 0 Å². The SMILES string of the molecule is CC(C)C(C(=O)c1ccccc1)[N+](=O)[O-]. The van der Waals surface area contributed by atoms with Crippen LogP contribution in [0, 0.1) is 16.0 Å². The van der Waals surface area contributed by atoms with Crippen LogP contribution in [-0.2, 0) is 0 Å². The molecule has 4 nitrogen and oxygen atoms in total. The van der Waals surface area contributed by atoms with Crippen LogP contribution in [0.2, 0.25) is 0 Å². The summed E-state index contributed by atoms with van der Waals surface area (Å²) in [5.41, 5.74) is 0.396. The van der Waals surface area contributed by atoms with Crippen LogP contribution < -0.4 is 0 Å². The standard InChI is InChI=1S/C11H13NO3/c1-8(2)10(12(14)15)11(13)9-6-4-3-5-7-9/h3-8,10H,1-2H3. The zero-order valence-corrected chi connectivity index (χ0v) is 8.71. The molecule has 0 saturated heterocycles. The molecule has 0 aliphatic carbocycles. The highest BCUT2D eigenvalue weighted by atomic mass is 16.6. The van der Waals surface area contributed by atoms with E-state index in [4.69, 9.17) is 0 Å². The van der Waals surface area contributed by atoms with Crippen LogP contribution >= 0.6 is 0 Å². The minimum absolute atomic E-state index is 0.298. The molecule has 0 spiro atoms. The zero-order chi connectivity index (χ0) is 11.4. The largest absolute Gasteiger partial charge is 0.286 e. The van der Waals surface area contributed by atoms with Gasteiger partial charge >= 0.3 is 0 Å². The highest BCUT2D eigenvalue weighted by Crippen LogP contribution is 2.12. The number of carbonyl (C=O) groups excluding carboxylic acids is 1. The van der Waals surface area contributed by atoms with E-state index < -0.39 is 16.7 Å². The Balaban J connectivity index is 2.97. The van der Waals surface area contributed by atoms with Gasteiger partial charge in [-0.2, -0.15) is 0 Å². The highest BCUT2D eigenvalue weighted by molar-refractivity contribution is 5.99. The molecule has 0 fully saturated rings. The van der Waals surface area contributed by atoms with E-state index in [1.165, 1.54) is 0 Å². The summed E-state index contributed by atoms with van der Waals surface area (Å²) in [7, 11) is 0. The van der Waals surface area contributed by atoms with E-state index in [9.17, 15) is 14.9 Å². The lowest BCUT2D eigenvalue weighted by atomic mass is 9.96. The van der Waals surface area contributed by atoms with Crippen LogP contribution in [0.25, 0.3) is 0 Å². The Labute approximate surface area is 88.1 Å². The van der Waals surface area contributed by atoms with Gasteiger partial charge in [0, 0.05) is 16.4 Å². The number of hydrogen-bond donors (Lipinski definition) is 0. The van der Waals surface area contributed by atoms with Gasteiger partial charge in [0.2, 0.25) is 5.78 Å². The summed E-state index contributed by atoms with van der Waals surface area (Å²) < 4.78 is 0. The summed E-state index contributed by atoms with van der Waals surface area (Å²) in [5, 5.41) is 10.7. The Hall–Kier alpha value is -1.71. The average molecular weight is 207 g/mol. The minimum Gasteiger partial charge on any atom is -0.286 e. The molecule has 80 valence electrons. The van der Waals surface area contributed by atoms with Gasteiger partial charge in [-0.1, -0.05) is 44.2 Å². The summed E-state index contributed by atoms with van der Waals surface area (Å²) in [6, 6.07) is 7.22. The first-order chi connectivity index (χ1) is 7.04. The molecule has 0 aliphatic rings. The predicted molar refractivity (Wildman–Crippen MR) is 56.4 cm³/mol. The monoisotopic (exact) mass is 207 g/mol. The first-order valence-corrected chi connectivity index (χ1v) is 4.76. The normalized spacial score (nSPS) is 12.5. The van der Waals surface area contributed by atoms with E-state index in [2.05, 4.69) is 0 Å². The third kappa shape index (κ3) is 2.62. The fourth-order valence-corrected chi connectivity index (χ4v) is 1.42. The second-order valence-electron chi connectivity index (χ2n) is 3.70. The van der Waals surface area contributed by atoms with Crippen molar-refractivity contribution in [2.24, 2.45) is 5.92 Å². The lowest BCUT2D eigenvalue weighted by molar-refractivity contribution is -0.512. The van der Waals surface area contributed by atoms with E-state index in [0.29, 0.717) is 5.56 Å². The van der Waals surface area contributed by atoms with Crippen molar-refractivity contribution in [3.63, 3.8) is 0 Å². The number of hydrogen-bond acceptors (Lipinski definition) is 3. The Morgan fingerprint density at radius 3 is 2.20 bits per heavy atom. The number of rotatable bonds is 4. The van der Waals surface area contributed by atoms with Gasteiger partial charge in [0.1, 0.15) is 0 Å². The molecular weight excluding hydrogens is 194 g/mol. The van der Waals surface area contributed by atoms with Gasteiger partial charge in [0.15, 0.2) is 0 Å². The van der Waals surface area contributed by atoms with Crippen LogP contribution in [0.15, 0.2) is 30.3 Å². The Morgan fingerprint density at radius 2 is 1.80 bits per heavy atom. The molecule has 1 aromatic rings. The van der Waals surface area contributed by atoms with Gasteiger partial charge in [0.25, 0.3) is 6.04 Å². The van der Waals surface area contributed by atoms with E-state index in [-0.39, 0.29) is 5.92 Å². The molecule has 0 heterocycles. The smallest absolute Gasteiger partial charge is 0.277 e. The van der Waals surface area contributed by atoms with Crippen LogP contribution in [0.5, 0.6) is 0 Å². The van der Waals surface area contributed by atoms with Gasteiger partial charge in [-0.15, -0.1) is 0 Å². The number of ketones is 1. The molecule has 1 atom stereocenters. The van der Waals surface area contributed by atoms with Crippen molar-refractivity contribution in [1.82, 2.24) is 0 Å². The maximum atomic E-state index is 11.8. The lowest BCUT2D eigenvalue weighted by Crippen LogP contribution is -2.34. The van der Waals surface area contributed by atoms with Crippen molar-refractivity contribution in [2.75, 3.05) is 0 Å². The van der Waals surface area contributed by atoms with Gasteiger partial charge in [-0.25, -0.2) is 0 Å². The van der Waals surface area contributed by atoms with Crippen molar-refractivity contribution in [3.8, 4) is 0 Å². The molecule has 1 unspecified atom stereocenters. The molecule has 0 N–H and O–H groups in total. The summed E-state index contributed by atoms with van der Waals surface area (Å²) in [6.07, 6.45) is 0. The van der Waals surface area contributed by atoms with E-state index >= 15 is 0 Å². The summed E-state index contributed by atoms with van der Waals surface area (Å²) >= 11 is 0. The summed E-state index contributed by atoms with van der Waals surface area (Å²) in [6.45, 7) is 3.35. The minimum atomic E-state index is -1.15. The second-order valence-corrected chi connectivity index (χ2v) is 3.70. The fourth-order valence-electron chi connectivity index (χ4n) is 1.42. The number of carbonyl (C=O) groups is 1. The molecule has 1 aromatic carbocycles. The van der Waals surface area contributed by atoms with Crippen molar-refractivity contribution < 1.29 is 9.72 Å². The number of benzene rings is 1. The Morgan fingerprint density at radius 1 is 1.27 bits per heavy atom. The van der Waals surface area contributed by atoms with Crippen molar-refractivity contribution in [3.05, 3.63) is 46.0 Å². The van der Waals surface area contributed by atoms with Gasteiger partial charge < -0.3 is 0 Å². The maximum Gasteiger partial charge on any atom is 0.277 e. The van der Waals surface area contributed by atoms with Crippen LogP contribution in [0.4, 0.5) is 0 Å².